The van der Waals surface area contributed by atoms with Gasteiger partial charge >= 0.3 is 5.97 Å². The molecule has 1 N–H and O–H groups in total. The van der Waals surface area contributed by atoms with Crippen molar-refractivity contribution in [2.75, 3.05) is 26.3 Å². The highest BCUT2D eigenvalue weighted by Gasteiger charge is 2.28. The molecule has 2 rings (SSSR count). The standard InChI is InChI=1S/C13H14INO5/c14-9-1-3-10(4-2-9)20-8-12(16)15-5-6-19-11(7-15)13(17)18/h1-4,11H,5-8H2,(H,17,18). The fraction of sp³-hybridized carbons (Fsp3) is 0.385. The predicted octanol–water partition coefficient (Wildman–Crippen LogP) is 0.982. The van der Waals surface area contributed by atoms with Crippen LogP contribution in [0.15, 0.2) is 24.3 Å². The molecular formula is C13H14INO5. The Labute approximate surface area is 129 Å². The fourth-order valence-corrected chi connectivity index (χ4v) is 2.15. The molecule has 7 heteroatoms. The smallest absolute Gasteiger partial charge is 0.334 e. The molecule has 1 fully saturated rings. The average molecular weight is 391 g/mol. The van der Waals surface area contributed by atoms with E-state index < -0.39 is 12.1 Å². The van der Waals surface area contributed by atoms with Crippen molar-refractivity contribution in [1.82, 2.24) is 4.90 Å². The number of benzene rings is 1. The molecule has 6 nitrogen and oxygen atoms in total. The number of nitrogens with zero attached hydrogens (tertiary/aromatic N) is 1. The van der Waals surface area contributed by atoms with Crippen LogP contribution in [0, 0.1) is 3.57 Å². The SMILES string of the molecule is O=C(O)C1CN(C(=O)COc2ccc(I)cc2)CCO1. The lowest BCUT2D eigenvalue weighted by Gasteiger charge is -2.30. The van der Waals surface area contributed by atoms with Crippen molar-refractivity contribution in [1.29, 1.82) is 0 Å². The van der Waals surface area contributed by atoms with Crippen molar-refractivity contribution in [3.05, 3.63) is 27.8 Å². The van der Waals surface area contributed by atoms with Gasteiger partial charge in [0.05, 0.1) is 13.2 Å². The monoisotopic (exact) mass is 391 g/mol. The zero-order valence-electron chi connectivity index (χ0n) is 10.6. The summed E-state index contributed by atoms with van der Waals surface area (Å²) >= 11 is 2.18. The van der Waals surface area contributed by atoms with E-state index in [0.29, 0.717) is 12.3 Å². The average Bonchev–Trinajstić information content (AvgIpc) is 2.46. The van der Waals surface area contributed by atoms with Gasteiger partial charge in [-0.15, -0.1) is 0 Å². The maximum atomic E-state index is 12.0. The molecule has 0 aromatic heterocycles. The molecule has 108 valence electrons. The van der Waals surface area contributed by atoms with Gasteiger partial charge in [-0.1, -0.05) is 0 Å². The van der Waals surface area contributed by atoms with Crippen molar-refractivity contribution >= 4 is 34.5 Å². The molecule has 1 saturated heterocycles. The highest BCUT2D eigenvalue weighted by molar-refractivity contribution is 14.1. The van der Waals surface area contributed by atoms with E-state index in [4.69, 9.17) is 14.6 Å². The Kier molecular flexibility index (Phi) is 5.18. The Balaban J connectivity index is 1.85. The number of carboxylic acid groups (broad SMARTS) is 1. The minimum absolute atomic E-state index is 0.0597. The van der Waals surface area contributed by atoms with Crippen molar-refractivity contribution in [3.8, 4) is 5.75 Å². The van der Waals surface area contributed by atoms with Crippen molar-refractivity contribution in [3.63, 3.8) is 0 Å². The molecule has 0 aliphatic carbocycles. The van der Waals surface area contributed by atoms with E-state index in [2.05, 4.69) is 22.6 Å². The molecule has 0 saturated carbocycles. The molecule has 1 unspecified atom stereocenters. The number of carboxylic acids is 1. The molecule has 1 aliphatic rings. The summed E-state index contributed by atoms with van der Waals surface area (Å²) in [5.41, 5.74) is 0. The van der Waals surface area contributed by atoms with Crippen LogP contribution in [0.4, 0.5) is 0 Å². The van der Waals surface area contributed by atoms with E-state index in [1.807, 2.05) is 12.1 Å². The summed E-state index contributed by atoms with van der Waals surface area (Å²) in [7, 11) is 0. The lowest BCUT2D eigenvalue weighted by Crippen LogP contribution is -2.49. The van der Waals surface area contributed by atoms with Gasteiger partial charge in [0.15, 0.2) is 12.7 Å². The van der Waals surface area contributed by atoms with Crippen molar-refractivity contribution < 1.29 is 24.2 Å². The molecule has 1 aliphatic heterocycles. The fourth-order valence-electron chi connectivity index (χ4n) is 1.79. The summed E-state index contributed by atoms with van der Waals surface area (Å²) in [5, 5.41) is 8.88. The van der Waals surface area contributed by atoms with E-state index in [9.17, 15) is 9.59 Å². The number of rotatable bonds is 4. The first-order valence-corrected chi connectivity index (χ1v) is 7.14. The van der Waals surface area contributed by atoms with Crippen LogP contribution in [0.3, 0.4) is 0 Å². The molecule has 1 heterocycles. The summed E-state index contributed by atoms with van der Waals surface area (Å²) in [4.78, 5) is 24.2. The zero-order valence-corrected chi connectivity index (χ0v) is 12.8. The van der Waals surface area contributed by atoms with Crippen LogP contribution < -0.4 is 4.74 Å². The minimum atomic E-state index is -1.05. The number of hydrogen-bond acceptors (Lipinski definition) is 4. The lowest BCUT2D eigenvalue weighted by molar-refractivity contribution is -0.159. The van der Waals surface area contributed by atoms with Gasteiger partial charge in [0.1, 0.15) is 5.75 Å². The summed E-state index contributed by atoms with van der Waals surface area (Å²) in [5.74, 6) is -0.680. The minimum Gasteiger partial charge on any atom is -0.484 e. The second-order valence-electron chi connectivity index (χ2n) is 4.28. The number of carbonyl (C=O) groups excluding carboxylic acids is 1. The third-order valence-electron chi connectivity index (χ3n) is 2.87. The highest BCUT2D eigenvalue weighted by atomic mass is 127. The number of morpholine rings is 1. The summed E-state index contributed by atoms with van der Waals surface area (Å²) in [6.07, 6.45) is -0.953. The Hall–Kier alpha value is -1.35. The number of hydrogen-bond donors (Lipinski definition) is 1. The number of halogens is 1. The third kappa shape index (κ3) is 4.07. The van der Waals surface area contributed by atoms with Crippen LogP contribution in [0.5, 0.6) is 5.75 Å². The van der Waals surface area contributed by atoms with E-state index >= 15 is 0 Å². The van der Waals surface area contributed by atoms with Gasteiger partial charge in [-0.05, 0) is 46.9 Å². The first-order valence-electron chi connectivity index (χ1n) is 6.07. The van der Waals surface area contributed by atoms with Gasteiger partial charge in [-0.2, -0.15) is 0 Å². The maximum Gasteiger partial charge on any atom is 0.334 e. The Bertz CT molecular complexity index is 490. The molecule has 1 atom stereocenters. The topological polar surface area (TPSA) is 76.1 Å². The van der Waals surface area contributed by atoms with E-state index in [1.54, 1.807) is 12.1 Å². The molecule has 0 spiro atoms. The summed E-state index contributed by atoms with van der Waals surface area (Å²) < 4.78 is 11.5. The van der Waals surface area contributed by atoms with Crippen LogP contribution in [-0.2, 0) is 14.3 Å². The van der Waals surface area contributed by atoms with Crippen LogP contribution in [-0.4, -0.2) is 54.3 Å². The molecule has 1 amide bonds. The zero-order chi connectivity index (χ0) is 14.5. The molecule has 1 aromatic rings. The molecular weight excluding hydrogens is 377 g/mol. The first-order chi connectivity index (χ1) is 9.56. The lowest BCUT2D eigenvalue weighted by atomic mass is 10.2. The van der Waals surface area contributed by atoms with Gasteiger partial charge in [0.2, 0.25) is 0 Å². The first kappa shape index (κ1) is 15.0. The predicted molar refractivity (Wildman–Crippen MR) is 78.6 cm³/mol. The highest BCUT2D eigenvalue weighted by Crippen LogP contribution is 2.14. The van der Waals surface area contributed by atoms with Crippen LogP contribution >= 0.6 is 22.6 Å². The van der Waals surface area contributed by atoms with Crippen LogP contribution in [0.1, 0.15) is 0 Å². The number of aliphatic carboxylic acids is 1. The van der Waals surface area contributed by atoms with Crippen molar-refractivity contribution in [2.45, 2.75) is 6.10 Å². The van der Waals surface area contributed by atoms with Gasteiger partial charge in [-0.25, -0.2) is 4.79 Å². The summed E-state index contributed by atoms with van der Waals surface area (Å²) in [6.45, 7) is 0.571. The van der Waals surface area contributed by atoms with Crippen molar-refractivity contribution in [2.24, 2.45) is 0 Å². The number of amides is 1. The number of carbonyl (C=O) groups is 2. The maximum absolute atomic E-state index is 12.0. The molecule has 20 heavy (non-hydrogen) atoms. The van der Waals surface area contributed by atoms with E-state index in [-0.39, 0.29) is 25.7 Å². The molecule has 0 bridgehead atoms. The van der Waals surface area contributed by atoms with Gasteiger partial charge in [0.25, 0.3) is 5.91 Å². The molecule has 0 radical (unpaired) electrons. The quantitative estimate of drug-likeness (QED) is 0.775. The normalized spacial score (nSPS) is 18.6. The van der Waals surface area contributed by atoms with Gasteiger partial charge in [0, 0.05) is 10.1 Å². The Morgan fingerprint density at radius 1 is 1.40 bits per heavy atom. The Morgan fingerprint density at radius 2 is 2.10 bits per heavy atom. The summed E-state index contributed by atoms with van der Waals surface area (Å²) in [6, 6.07) is 7.34. The van der Waals surface area contributed by atoms with Crippen LogP contribution in [0.25, 0.3) is 0 Å². The second-order valence-corrected chi connectivity index (χ2v) is 5.53. The van der Waals surface area contributed by atoms with E-state index in [0.717, 1.165) is 3.57 Å². The second kappa shape index (κ2) is 6.89. The van der Waals surface area contributed by atoms with Gasteiger partial charge in [-0.3, -0.25) is 4.79 Å². The third-order valence-corrected chi connectivity index (χ3v) is 3.59. The largest absolute Gasteiger partial charge is 0.484 e. The Morgan fingerprint density at radius 3 is 2.75 bits per heavy atom. The van der Waals surface area contributed by atoms with Gasteiger partial charge < -0.3 is 19.5 Å². The number of ether oxygens (including phenoxy) is 2. The van der Waals surface area contributed by atoms with Crippen LogP contribution in [0.2, 0.25) is 0 Å². The molecule has 1 aromatic carbocycles. The van der Waals surface area contributed by atoms with E-state index in [1.165, 1.54) is 4.90 Å².